The Morgan fingerprint density at radius 2 is 2.09 bits per heavy atom. The van der Waals surface area contributed by atoms with E-state index >= 15 is 0 Å². The number of amides is 1. The first-order valence-electron chi connectivity index (χ1n) is 12.1. The predicted molar refractivity (Wildman–Crippen MR) is 134 cm³/mol. The summed E-state index contributed by atoms with van der Waals surface area (Å²) in [5.74, 6) is 1.36. The number of aromatic nitrogens is 2. The van der Waals surface area contributed by atoms with E-state index in [9.17, 15) is 4.79 Å². The summed E-state index contributed by atoms with van der Waals surface area (Å²) < 4.78 is 20.0. The molecule has 1 fully saturated rings. The van der Waals surface area contributed by atoms with Gasteiger partial charge in [0, 0.05) is 35.6 Å². The Balaban J connectivity index is 1.44. The number of halogens is 1. The van der Waals surface area contributed by atoms with Gasteiger partial charge in [0.25, 0.3) is 0 Å². The van der Waals surface area contributed by atoms with Crippen molar-refractivity contribution in [2.24, 2.45) is 0 Å². The maximum absolute atomic E-state index is 13.1. The van der Waals surface area contributed by atoms with Crippen molar-refractivity contribution in [3.05, 3.63) is 64.9 Å². The number of aryl methyl sites for hydroxylation is 1. The van der Waals surface area contributed by atoms with Crippen molar-refractivity contribution >= 4 is 17.5 Å². The van der Waals surface area contributed by atoms with Gasteiger partial charge in [0.2, 0.25) is 5.91 Å². The van der Waals surface area contributed by atoms with Gasteiger partial charge in [0.1, 0.15) is 19.8 Å². The zero-order valence-corrected chi connectivity index (χ0v) is 20.7. The van der Waals surface area contributed by atoms with Crippen LogP contribution in [0.5, 0.6) is 11.5 Å². The van der Waals surface area contributed by atoms with E-state index in [0.29, 0.717) is 42.8 Å². The van der Waals surface area contributed by atoms with Crippen LogP contribution in [-0.4, -0.2) is 53.1 Å². The van der Waals surface area contributed by atoms with Crippen LogP contribution in [0.15, 0.2) is 48.7 Å². The topological polar surface area (TPSA) is 65.8 Å². The Bertz CT molecular complexity index is 1190. The highest BCUT2D eigenvalue weighted by molar-refractivity contribution is 6.30. The summed E-state index contributed by atoms with van der Waals surface area (Å²) in [7, 11) is 0. The van der Waals surface area contributed by atoms with Gasteiger partial charge in [-0.2, -0.15) is 5.10 Å². The third kappa shape index (κ3) is 5.63. The molecular formula is C27H30ClN3O4. The Morgan fingerprint density at radius 3 is 2.86 bits per heavy atom. The molecule has 184 valence electrons. The van der Waals surface area contributed by atoms with Crippen LogP contribution in [0.2, 0.25) is 5.02 Å². The lowest BCUT2D eigenvalue weighted by atomic mass is 10.0. The zero-order chi connectivity index (χ0) is 24.2. The van der Waals surface area contributed by atoms with E-state index in [2.05, 4.69) is 11.2 Å². The van der Waals surface area contributed by atoms with Gasteiger partial charge < -0.3 is 19.1 Å². The molecule has 0 saturated carbocycles. The average molecular weight is 496 g/mol. The van der Waals surface area contributed by atoms with Crippen molar-refractivity contribution in [1.82, 2.24) is 14.7 Å². The maximum atomic E-state index is 13.1. The molecule has 1 saturated heterocycles. The van der Waals surface area contributed by atoms with Gasteiger partial charge in [-0.05, 0) is 67.6 Å². The second-order valence-corrected chi connectivity index (χ2v) is 9.50. The molecule has 35 heavy (non-hydrogen) atoms. The van der Waals surface area contributed by atoms with Gasteiger partial charge in [0.15, 0.2) is 11.5 Å². The third-order valence-electron chi connectivity index (χ3n) is 6.52. The van der Waals surface area contributed by atoms with Crippen molar-refractivity contribution in [1.29, 1.82) is 0 Å². The standard InChI is InChI=1S/C27H30ClN3O4/c1-19-8-9-29-31(19)17-26(32)30-10-12-34-27-22(16-30)13-21(20-5-4-6-23(28)14-20)15-25(27)35-18-24-7-2-3-11-33-24/h4-6,8-9,13-15,24H,2-3,7,10-12,16-18H2,1H3. The van der Waals surface area contributed by atoms with Crippen LogP contribution in [-0.2, 0) is 22.6 Å². The number of benzene rings is 2. The van der Waals surface area contributed by atoms with Gasteiger partial charge in [-0.15, -0.1) is 0 Å². The summed E-state index contributed by atoms with van der Waals surface area (Å²) in [6, 6.07) is 13.7. The Hall–Kier alpha value is -3.03. The number of nitrogens with zero attached hydrogens (tertiary/aromatic N) is 3. The quantitative estimate of drug-likeness (QED) is 0.487. The summed E-state index contributed by atoms with van der Waals surface area (Å²) in [5, 5.41) is 4.92. The number of carbonyl (C=O) groups excluding carboxylic acids is 1. The predicted octanol–water partition coefficient (Wildman–Crippen LogP) is 4.88. The maximum Gasteiger partial charge on any atom is 0.244 e. The van der Waals surface area contributed by atoms with Crippen molar-refractivity contribution in [2.45, 2.75) is 45.4 Å². The molecule has 2 aliphatic rings. The minimum Gasteiger partial charge on any atom is -0.487 e. The van der Waals surface area contributed by atoms with Crippen molar-refractivity contribution in [3.63, 3.8) is 0 Å². The lowest BCUT2D eigenvalue weighted by Crippen LogP contribution is -2.35. The molecule has 1 atom stereocenters. The summed E-state index contributed by atoms with van der Waals surface area (Å²) in [6.07, 6.45) is 5.03. The number of rotatable bonds is 6. The Kier molecular flexibility index (Phi) is 7.25. The molecule has 1 amide bonds. The fraction of sp³-hybridized carbons (Fsp3) is 0.407. The minimum absolute atomic E-state index is 0.000479. The molecule has 3 aromatic rings. The number of hydrogen-bond donors (Lipinski definition) is 0. The first kappa shape index (κ1) is 23.7. The normalized spacial score (nSPS) is 17.9. The molecule has 1 aromatic heterocycles. The van der Waals surface area contributed by atoms with E-state index in [1.807, 2.05) is 48.2 Å². The Labute approximate surface area is 210 Å². The van der Waals surface area contributed by atoms with E-state index in [1.165, 1.54) is 0 Å². The molecule has 7 nitrogen and oxygen atoms in total. The van der Waals surface area contributed by atoms with Crippen LogP contribution in [0.1, 0.15) is 30.5 Å². The summed E-state index contributed by atoms with van der Waals surface area (Å²) in [4.78, 5) is 15.0. The van der Waals surface area contributed by atoms with E-state index < -0.39 is 0 Å². The molecule has 8 heteroatoms. The molecule has 2 aliphatic heterocycles. The molecular weight excluding hydrogens is 466 g/mol. The molecule has 0 radical (unpaired) electrons. The van der Waals surface area contributed by atoms with Gasteiger partial charge in [-0.1, -0.05) is 23.7 Å². The first-order valence-corrected chi connectivity index (χ1v) is 12.5. The van der Waals surface area contributed by atoms with E-state index in [4.69, 9.17) is 25.8 Å². The second kappa shape index (κ2) is 10.7. The third-order valence-corrected chi connectivity index (χ3v) is 6.76. The van der Waals surface area contributed by atoms with Crippen molar-refractivity contribution < 1.29 is 19.0 Å². The smallest absolute Gasteiger partial charge is 0.244 e. The van der Waals surface area contributed by atoms with E-state index in [-0.39, 0.29) is 18.6 Å². The van der Waals surface area contributed by atoms with Crippen LogP contribution in [0.4, 0.5) is 0 Å². The lowest BCUT2D eigenvalue weighted by molar-refractivity contribution is -0.132. The molecule has 0 N–H and O–H groups in total. The first-order chi connectivity index (χ1) is 17.1. The van der Waals surface area contributed by atoms with Crippen molar-refractivity contribution in [2.75, 3.05) is 26.4 Å². The molecule has 1 unspecified atom stereocenters. The SMILES string of the molecule is Cc1ccnn1CC(=O)N1CCOc2c(cc(-c3cccc(Cl)c3)cc2OCC2CCCCO2)C1. The second-order valence-electron chi connectivity index (χ2n) is 9.07. The average Bonchev–Trinajstić information content (AvgIpc) is 3.14. The lowest BCUT2D eigenvalue weighted by Gasteiger charge is -2.24. The number of ether oxygens (including phenoxy) is 3. The van der Waals surface area contributed by atoms with E-state index in [1.54, 1.807) is 10.9 Å². The van der Waals surface area contributed by atoms with Crippen LogP contribution in [0.3, 0.4) is 0 Å². The highest BCUT2D eigenvalue weighted by Gasteiger charge is 2.25. The van der Waals surface area contributed by atoms with Gasteiger partial charge >= 0.3 is 0 Å². The van der Waals surface area contributed by atoms with Crippen molar-refractivity contribution in [3.8, 4) is 22.6 Å². The monoisotopic (exact) mass is 495 g/mol. The van der Waals surface area contributed by atoms with Crippen LogP contribution in [0, 0.1) is 6.92 Å². The van der Waals surface area contributed by atoms with Gasteiger partial charge in [0.05, 0.1) is 12.6 Å². The van der Waals surface area contributed by atoms with Crippen LogP contribution in [0.25, 0.3) is 11.1 Å². The number of hydrogen-bond acceptors (Lipinski definition) is 5. The highest BCUT2D eigenvalue weighted by Crippen LogP contribution is 2.39. The summed E-state index contributed by atoms with van der Waals surface area (Å²) in [5.41, 5.74) is 3.80. The van der Waals surface area contributed by atoms with Gasteiger partial charge in [-0.25, -0.2) is 0 Å². The molecule has 0 bridgehead atoms. The van der Waals surface area contributed by atoms with E-state index in [0.717, 1.165) is 48.3 Å². The fourth-order valence-electron chi connectivity index (χ4n) is 4.55. The number of carbonyl (C=O) groups is 1. The van der Waals surface area contributed by atoms with Crippen LogP contribution < -0.4 is 9.47 Å². The molecule has 0 spiro atoms. The number of fused-ring (bicyclic) bond motifs is 1. The highest BCUT2D eigenvalue weighted by atomic mass is 35.5. The minimum atomic E-state index is -0.000479. The summed E-state index contributed by atoms with van der Waals surface area (Å²) in [6.45, 7) is 4.70. The van der Waals surface area contributed by atoms with Crippen LogP contribution >= 0.6 is 11.6 Å². The van der Waals surface area contributed by atoms with Gasteiger partial charge in [-0.3, -0.25) is 9.48 Å². The Morgan fingerprint density at radius 1 is 1.17 bits per heavy atom. The molecule has 2 aromatic carbocycles. The molecule has 5 rings (SSSR count). The molecule has 0 aliphatic carbocycles. The zero-order valence-electron chi connectivity index (χ0n) is 19.9. The fourth-order valence-corrected chi connectivity index (χ4v) is 4.74. The largest absolute Gasteiger partial charge is 0.487 e. The summed E-state index contributed by atoms with van der Waals surface area (Å²) >= 11 is 6.28. The molecule has 3 heterocycles.